The second-order valence-corrected chi connectivity index (χ2v) is 6.01. The van der Waals surface area contributed by atoms with Crippen molar-refractivity contribution in [1.82, 2.24) is 14.8 Å². The molecule has 1 aromatic carbocycles. The van der Waals surface area contributed by atoms with Crippen molar-refractivity contribution >= 4 is 22.6 Å². The molecule has 0 amide bonds. The number of nitrogens with zero attached hydrogens (tertiary/aromatic N) is 3. The van der Waals surface area contributed by atoms with E-state index in [4.69, 9.17) is 0 Å². The van der Waals surface area contributed by atoms with E-state index in [1.807, 2.05) is 0 Å². The first kappa shape index (κ1) is 13.2. The molecule has 18 heavy (non-hydrogen) atoms. The predicted molar refractivity (Wildman–Crippen MR) is 69.5 cm³/mol. The van der Waals surface area contributed by atoms with Gasteiger partial charge < -0.3 is 4.57 Å². The van der Waals surface area contributed by atoms with Crippen LogP contribution in [0.1, 0.15) is 0 Å². The van der Waals surface area contributed by atoms with E-state index in [1.165, 1.54) is 12.1 Å². The number of benzene rings is 1. The minimum atomic E-state index is -1.13. The molecular formula is C11H12FN3OS2. The Labute approximate surface area is 111 Å². The average Bonchev–Trinajstić information content (AvgIpc) is 2.80. The highest BCUT2D eigenvalue weighted by Gasteiger charge is 2.07. The molecule has 2 aromatic rings. The van der Waals surface area contributed by atoms with Crippen LogP contribution in [0.5, 0.6) is 0 Å². The quantitative estimate of drug-likeness (QED) is 0.788. The molecular weight excluding hydrogens is 273 g/mol. The van der Waals surface area contributed by atoms with Gasteiger partial charge in [-0.3, -0.25) is 4.21 Å². The van der Waals surface area contributed by atoms with E-state index in [-0.39, 0.29) is 5.82 Å². The lowest BCUT2D eigenvalue weighted by Gasteiger charge is -2.04. The maximum Gasteiger partial charge on any atom is 0.221 e. The van der Waals surface area contributed by atoms with Crippen molar-refractivity contribution < 1.29 is 8.60 Å². The van der Waals surface area contributed by atoms with Crippen LogP contribution in [0.25, 0.3) is 0 Å². The molecule has 2 rings (SSSR count). The molecule has 0 saturated heterocycles. The number of thioether (sulfide) groups is 1. The van der Waals surface area contributed by atoms with Crippen LogP contribution < -0.4 is 0 Å². The Morgan fingerprint density at radius 3 is 2.78 bits per heavy atom. The van der Waals surface area contributed by atoms with Crippen molar-refractivity contribution in [2.24, 2.45) is 0 Å². The molecule has 0 saturated carbocycles. The van der Waals surface area contributed by atoms with Crippen LogP contribution >= 0.6 is 11.8 Å². The maximum absolute atomic E-state index is 12.7. The summed E-state index contributed by atoms with van der Waals surface area (Å²) in [4.78, 5) is 1.00. The number of hydrogen-bond acceptors (Lipinski definition) is 4. The summed E-state index contributed by atoms with van der Waals surface area (Å²) in [6, 6.07) is 6.36. The maximum atomic E-state index is 12.7. The molecule has 7 heteroatoms. The predicted octanol–water partition coefficient (Wildman–Crippen LogP) is 1.95. The van der Waals surface area contributed by atoms with Crippen molar-refractivity contribution in [1.29, 1.82) is 0 Å². The van der Waals surface area contributed by atoms with Crippen LogP contribution in [0, 0.1) is 5.82 Å². The van der Waals surface area contributed by atoms with Crippen LogP contribution in [0.2, 0.25) is 0 Å². The molecule has 1 heterocycles. The van der Waals surface area contributed by atoms with Gasteiger partial charge in [0.2, 0.25) is 5.16 Å². The molecule has 0 unspecified atom stereocenters. The third-order valence-corrected chi connectivity index (χ3v) is 4.07. The molecule has 0 spiro atoms. The van der Waals surface area contributed by atoms with E-state index in [1.54, 1.807) is 41.0 Å². The summed E-state index contributed by atoms with van der Waals surface area (Å²) in [5, 5.41) is 8.03. The first-order valence-electron chi connectivity index (χ1n) is 5.26. The molecule has 96 valence electrons. The normalized spacial score (nSPS) is 12.6. The fourth-order valence-electron chi connectivity index (χ4n) is 1.41. The zero-order chi connectivity index (χ0) is 13.0. The highest BCUT2D eigenvalue weighted by Crippen LogP contribution is 2.18. The van der Waals surface area contributed by atoms with Gasteiger partial charge in [-0.15, -0.1) is 22.0 Å². The van der Waals surface area contributed by atoms with Crippen molar-refractivity contribution in [3.8, 4) is 0 Å². The van der Waals surface area contributed by atoms with Gasteiger partial charge in [0, 0.05) is 23.4 Å². The first-order chi connectivity index (χ1) is 8.66. The molecule has 0 N–H and O–H groups in total. The number of hydrogen-bond donors (Lipinski definition) is 0. The SMILES string of the molecule is C[S@](=O)c1nncn1CCSc1ccc(F)cc1. The number of aryl methyl sites for hydroxylation is 1. The first-order valence-corrected chi connectivity index (χ1v) is 7.81. The smallest absolute Gasteiger partial charge is 0.221 e. The van der Waals surface area contributed by atoms with Crippen LogP contribution in [-0.2, 0) is 17.3 Å². The van der Waals surface area contributed by atoms with Gasteiger partial charge in [0.25, 0.3) is 0 Å². The summed E-state index contributed by atoms with van der Waals surface area (Å²) >= 11 is 1.61. The van der Waals surface area contributed by atoms with Gasteiger partial charge in [-0.05, 0) is 24.3 Å². The number of rotatable bonds is 5. The van der Waals surface area contributed by atoms with Gasteiger partial charge >= 0.3 is 0 Å². The third kappa shape index (κ3) is 3.39. The highest BCUT2D eigenvalue weighted by molar-refractivity contribution is 7.99. The molecule has 0 radical (unpaired) electrons. The molecule has 0 fully saturated rings. The Balaban J connectivity index is 1.90. The van der Waals surface area contributed by atoms with Gasteiger partial charge in [-0.25, -0.2) is 4.39 Å². The van der Waals surface area contributed by atoms with E-state index in [0.29, 0.717) is 11.7 Å². The van der Waals surface area contributed by atoms with E-state index in [0.717, 1.165) is 10.6 Å². The van der Waals surface area contributed by atoms with E-state index in [9.17, 15) is 8.60 Å². The molecule has 4 nitrogen and oxygen atoms in total. The second-order valence-electron chi connectivity index (χ2n) is 3.56. The second kappa shape index (κ2) is 6.10. The lowest BCUT2D eigenvalue weighted by atomic mass is 10.4. The Hall–Kier alpha value is -1.21. The summed E-state index contributed by atoms with van der Waals surface area (Å²) in [6.07, 6.45) is 3.15. The molecule has 0 bridgehead atoms. The van der Waals surface area contributed by atoms with E-state index < -0.39 is 10.8 Å². The zero-order valence-electron chi connectivity index (χ0n) is 9.75. The zero-order valence-corrected chi connectivity index (χ0v) is 11.4. The average molecular weight is 285 g/mol. The fraction of sp³-hybridized carbons (Fsp3) is 0.273. The van der Waals surface area contributed by atoms with Gasteiger partial charge in [0.15, 0.2) is 0 Å². The van der Waals surface area contributed by atoms with Crippen molar-refractivity contribution in [3.63, 3.8) is 0 Å². The van der Waals surface area contributed by atoms with Gasteiger partial charge in [-0.1, -0.05) is 0 Å². The number of halogens is 1. The van der Waals surface area contributed by atoms with Gasteiger partial charge in [0.1, 0.15) is 12.1 Å². The highest BCUT2D eigenvalue weighted by atomic mass is 32.2. The summed E-state index contributed by atoms with van der Waals surface area (Å²) in [7, 11) is -1.13. The monoisotopic (exact) mass is 285 g/mol. The summed E-state index contributed by atoms with van der Waals surface area (Å²) in [6.45, 7) is 0.671. The largest absolute Gasteiger partial charge is 0.306 e. The third-order valence-electron chi connectivity index (χ3n) is 2.25. The summed E-state index contributed by atoms with van der Waals surface area (Å²) < 4.78 is 25.8. The Morgan fingerprint density at radius 1 is 1.39 bits per heavy atom. The van der Waals surface area contributed by atoms with Crippen molar-refractivity contribution in [2.45, 2.75) is 16.6 Å². The van der Waals surface area contributed by atoms with Gasteiger partial charge in [0.05, 0.1) is 10.8 Å². The summed E-state index contributed by atoms with van der Waals surface area (Å²) in [5.41, 5.74) is 0. The van der Waals surface area contributed by atoms with Crippen molar-refractivity contribution in [2.75, 3.05) is 12.0 Å². The molecule has 1 atom stereocenters. The topological polar surface area (TPSA) is 47.8 Å². The fourth-order valence-corrected chi connectivity index (χ4v) is 2.90. The standard InChI is InChI=1S/C11H12FN3OS2/c1-18(16)11-14-13-8-15(11)6-7-17-10-4-2-9(12)3-5-10/h2-5,8H,6-7H2,1H3/t18-/m0/s1. The minimum Gasteiger partial charge on any atom is -0.306 e. The van der Waals surface area contributed by atoms with Crippen molar-refractivity contribution in [3.05, 3.63) is 36.4 Å². The Bertz CT molecular complexity index is 541. The lowest BCUT2D eigenvalue weighted by Crippen LogP contribution is -2.05. The molecule has 1 aromatic heterocycles. The minimum absolute atomic E-state index is 0.234. The van der Waals surface area contributed by atoms with Crippen LogP contribution in [0.3, 0.4) is 0 Å². The molecule has 0 aliphatic rings. The van der Waals surface area contributed by atoms with Crippen LogP contribution in [-0.4, -0.2) is 31.0 Å². The van der Waals surface area contributed by atoms with E-state index >= 15 is 0 Å². The van der Waals surface area contributed by atoms with E-state index in [2.05, 4.69) is 10.2 Å². The Kier molecular flexibility index (Phi) is 4.48. The lowest BCUT2D eigenvalue weighted by molar-refractivity contribution is 0.626. The van der Waals surface area contributed by atoms with Crippen LogP contribution in [0.15, 0.2) is 40.6 Å². The molecule has 0 aliphatic heterocycles. The Morgan fingerprint density at radius 2 is 2.11 bits per heavy atom. The number of aromatic nitrogens is 3. The van der Waals surface area contributed by atoms with Crippen LogP contribution in [0.4, 0.5) is 4.39 Å². The summed E-state index contributed by atoms with van der Waals surface area (Å²) in [5.74, 6) is 0.551. The van der Waals surface area contributed by atoms with Gasteiger partial charge in [-0.2, -0.15) is 0 Å². The molecule has 0 aliphatic carbocycles.